The summed E-state index contributed by atoms with van der Waals surface area (Å²) < 4.78 is 191. The van der Waals surface area contributed by atoms with Crippen molar-refractivity contribution in [3.63, 3.8) is 0 Å². The molecule has 7 heteroatoms. The van der Waals surface area contributed by atoms with Gasteiger partial charge >= 0.3 is 0 Å². The van der Waals surface area contributed by atoms with Crippen LogP contribution in [0.4, 0.5) is 0 Å². The van der Waals surface area contributed by atoms with Crippen LogP contribution in [-0.4, -0.2) is 22.2 Å². The van der Waals surface area contributed by atoms with E-state index in [9.17, 15) is 13.7 Å². The van der Waals surface area contributed by atoms with E-state index in [4.69, 9.17) is 22.1 Å². The Hall–Kier alpha value is -7.89. The summed E-state index contributed by atoms with van der Waals surface area (Å²) >= 11 is 0. The molecule has 12 aromatic rings. The molecule has 0 fully saturated rings. The first kappa shape index (κ1) is 31.7. The molecule has 0 saturated carbocycles. The van der Waals surface area contributed by atoms with Crippen LogP contribution in [-0.2, 0) is 31.9 Å². The second-order valence-electron chi connectivity index (χ2n) is 19.8. The smallest absolute Gasteiger partial charge is 0.268 e. The second-order valence-corrected chi connectivity index (χ2v) is 23.3. The number of hydrogen-bond acceptors (Lipinski definition) is 2. The number of aromatic nitrogens is 4. The quantitative estimate of drug-likeness (QED) is 0.0592. The number of ether oxygens (including phenoxy) is 1. The number of nitrogens with zero attached hydrogens (tertiary/aromatic N) is 4. The fourth-order valence-electron chi connectivity index (χ4n) is 9.65. The van der Waals surface area contributed by atoms with Crippen LogP contribution in [0.2, 0.25) is 0 Å². The Kier molecular flexibility index (Phi) is 8.36. The fraction of sp³-hybridized carbons (Fsp3) is 0.118. The molecule has 370 valence electrons. The van der Waals surface area contributed by atoms with Gasteiger partial charge in [-0.15, -0.1) is 29.7 Å². The molecule has 0 radical (unpaired) electrons. The molecule has 3 aromatic heterocycles. The van der Waals surface area contributed by atoms with E-state index in [2.05, 4.69) is 55.9 Å². The van der Waals surface area contributed by atoms with Crippen LogP contribution in [0.15, 0.2) is 230 Å². The van der Waals surface area contributed by atoms with Gasteiger partial charge in [-0.3, -0.25) is 4.57 Å². The van der Waals surface area contributed by atoms with Crippen LogP contribution in [0.1, 0.15) is 78.7 Å². The van der Waals surface area contributed by atoms with Crippen molar-refractivity contribution >= 4 is 61.7 Å². The topological polar surface area (TPSA) is 35.9 Å². The van der Waals surface area contributed by atoms with Crippen LogP contribution in [0.5, 0.6) is 11.5 Å². The monoisotopic (exact) mass is 1190 g/mol. The van der Waals surface area contributed by atoms with Gasteiger partial charge < -0.3 is 13.9 Å². The van der Waals surface area contributed by atoms with Crippen molar-refractivity contribution in [2.45, 2.75) is 52.4 Å². The molecule has 9 aromatic carbocycles. The number of imidazole rings is 1. The van der Waals surface area contributed by atoms with Crippen molar-refractivity contribution in [1.82, 2.24) is 14.1 Å². The maximum atomic E-state index is 10.7. The summed E-state index contributed by atoms with van der Waals surface area (Å²) in [5.74, 6) is 1.40. The van der Waals surface area contributed by atoms with Gasteiger partial charge in [0.1, 0.15) is 5.82 Å². The van der Waals surface area contributed by atoms with Gasteiger partial charge in [-0.25, -0.2) is 4.98 Å². The third kappa shape index (κ3) is 8.86. The van der Waals surface area contributed by atoms with Gasteiger partial charge in [-0.2, -0.15) is 18.2 Å². The van der Waals surface area contributed by atoms with Gasteiger partial charge in [0.05, 0.1) is 42.8 Å². The first-order chi connectivity index (χ1) is 43.8. The maximum Gasteiger partial charge on any atom is 0.268 e. The summed E-state index contributed by atoms with van der Waals surface area (Å²) in [6, 6.07) is 21.0. The van der Waals surface area contributed by atoms with E-state index in [0.29, 0.717) is 39.6 Å². The van der Waals surface area contributed by atoms with Gasteiger partial charge in [0.25, 0.3) is 6.33 Å². The minimum Gasteiger partial charge on any atom is -0.510 e. The van der Waals surface area contributed by atoms with Crippen molar-refractivity contribution in [1.29, 1.82) is 0 Å². The van der Waals surface area contributed by atoms with E-state index < -0.39 is 155 Å². The number of rotatable bonds is 10. The van der Waals surface area contributed by atoms with Crippen molar-refractivity contribution in [3.8, 4) is 39.8 Å². The molecule has 0 aliphatic rings. The fourth-order valence-corrected chi connectivity index (χ4v) is 13.2. The van der Waals surface area contributed by atoms with Crippen LogP contribution in [0.25, 0.3) is 61.2 Å². The van der Waals surface area contributed by atoms with E-state index in [1.807, 2.05) is 81.4 Å². The van der Waals surface area contributed by atoms with Crippen molar-refractivity contribution in [2.75, 3.05) is 0 Å². The predicted octanol–water partition coefficient (Wildman–Crippen LogP) is 13.2. The normalized spacial score (nSPS) is 15.6. The molecule has 0 N–H and O–H groups in total. The number of fused-ring (bicyclic) bond motifs is 4. The zero-order valence-electron chi connectivity index (χ0n) is 60.5. The molecule has 5 nitrogen and oxygen atoms in total. The van der Waals surface area contributed by atoms with Crippen molar-refractivity contribution < 1.29 is 56.4 Å². The van der Waals surface area contributed by atoms with E-state index >= 15 is 0 Å². The zero-order valence-corrected chi connectivity index (χ0v) is 44.8. The average molecular weight is 1190 g/mol. The van der Waals surface area contributed by atoms with E-state index in [1.54, 1.807) is 51.7 Å². The maximum absolute atomic E-state index is 10.7. The number of para-hydroxylation sites is 4. The first-order valence-corrected chi connectivity index (χ1v) is 25.9. The van der Waals surface area contributed by atoms with Gasteiger partial charge in [0, 0.05) is 44.3 Å². The largest absolute Gasteiger partial charge is 0.510 e. The third-order valence-corrected chi connectivity index (χ3v) is 17.1. The van der Waals surface area contributed by atoms with E-state index in [1.165, 1.54) is 0 Å². The van der Waals surface area contributed by atoms with Crippen LogP contribution in [0, 0.1) is 18.5 Å². The third-order valence-electron chi connectivity index (χ3n) is 13.1. The summed E-state index contributed by atoms with van der Waals surface area (Å²) in [5, 5.41) is -1.74. The minimum absolute atomic E-state index is 0. The summed E-state index contributed by atoms with van der Waals surface area (Å²) in [7, 11) is -6.16. The number of benzene rings is 9. The molecular weight excluding hydrogens is 1110 g/mol. The Labute approximate surface area is 482 Å². The average Bonchev–Trinajstić information content (AvgIpc) is 0.864. The van der Waals surface area contributed by atoms with E-state index in [-0.39, 0.29) is 37.7 Å². The van der Waals surface area contributed by atoms with Crippen LogP contribution < -0.4 is 30.1 Å². The Morgan fingerprint density at radius 2 is 1.20 bits per heavy atom. The second kappa shape index (κ2) is 19.8. The molecule has 0 aliphatic heterocycles. The molecular formula is C68H56N4OPtSi-2. The Morgan fingerprint density at radius 3 is 1.88 bits per heavy atom. The Bertz CT molecular complexity index is 4940. The van der Waals surface area contributed by atoms with Gasteiger partial charge in [-0.05, 0) is 83.1 Å². The van der Waals surface area contributed by atoms with Gasteiger partial charge in [0.2, 0.25) is 0 Å². The molecule has 0 spiro atoms. The van der Waals surface area contributed by atoms with Crippen LogP contribution >= 0.6 is 0 Å². The summed E-state index contributed by atoms with van der Waals surface area (Å²) in [4.78, 5) is 4.82. The summed E-state index contributed by atoms with van der Waals surface area (Å²) in [6.07, 6.45) is 5.31. The van der Waals surface area contributed by atoms with E-state index in [0.717, 1.165) is 27.4 Å². The molecule has 3 heterocycles. The first-order valence-electron chi connectivity index (χ1n) is 33.4. The molecule has 0 amide bonds. The molecule has 0 saturated heterocycles. The summed E-state index contributed by atoms with van der Waals surface area (Å²) in [6.45, 7) is 12.2. The predicted molar refractivity (Wildman–Crippen MR) is 306 cm³/mol. The molecule has 0 unspecified atom stereocenters. The Balaban J connectivity index is 0.00000901. The summed E-state index contributed by atoms with van der Waals surface area (Å²) in [5.41, 5.74) is 3.75. The molecule has 0 bridgehead atoms. The molecule has 0 aliphatic carbocycles. The van der Waals surface area contributed by atoms with Crippen molar-refractivity contribution in [2.24, 2.45) is 0 Å². The number of hydrogen-bond donors (Lipinski definition) is 0. The standard InChI is InChI=1S/C68H56N4OSi.Pt/c1-67(2,3)49-41-42-69-65(44-49)72-61-36-17-16-33-58(61)59-40-39-52(46-64(59)72)73-51-25-21-24-50(45-51)70-47-71(63-38-19-18-37-62(63)70)66-57(34-22-35-60(66)68(4,5)6)48-23-20-32-56(43-48)74(53-26-10-7-11-27-53,54-28-12-8-13-29-54)55-30-14-9-15-31-55;/h7-44H,1-6H3;/q-2;/i7D,8D,9D,10D,11D,12D,13D,14D,15D,20D,23D,26D,27D,28D,29D,30D,31D,32D,43D;. The number of pyridine rings is 1. The van der Waals surface area contributed by atoms with Gasteiger partial charge in [-0.1, -0.05) is 223 Å². The van der Waals surface area contributed by atoms with Gasteiger partial charge in [0.15, 0.2) is 8.07 Å². The molecule has 75 heavy (non-hydrogen) atoms. The Morgan fingerprint density at radius 1 is 0.573 bits per heavy atom. The molecule has 0 atom stereocenters. The molecule has 12 rings (SSSR count). The zero-order chi connectivity index (χ0) is 67.1. The minimum atomic E-state index is -6.16. The van der Waals surface area contributed by atoms with Crippen LogP contribution in [0.3, 0.4) is 0 Å². The van der Waals surface area contributed by atoms with Crippen molar-refractivity contribution in [3.05, 3.63) is 260 Å². The SMILES string of the molecule is [2H]c1c([2H])c([2H])c([Si](c2c([2H])c([2H])c([2H])c([2H])c2[2H])(c2c([2H])c([2H])c([2H])c([2H])c2[2H])c2c([2H])c([2H])c([2H])c(-c3cccc(C(C)(C)C)c3-[n+]3[c-]n(-c4[c-]c(Oc5[c-]c6c(cc5)c5ccccc5n6-c5cc(C(C)(C)C)ccn5)ccc4)c4ccccc43)c2[2H])c([2H])c1[2H].[Pt].